The molecule has 0 aliphatic heterocycles. The van der Waals surface area contributed by atoms with Crippen molar-refractivity contribution in [1.82, 2.24) is 5.32 Å². The van der Waals surface area contributed by atoms with Gasteiger partial charge in [0.05, 0.1) is 6.61 Å². The molecule has 0 aromatic rings. The second-order valence-corrected chi connectivity index (χ2v) is 6.47. The van der Waals surface area contributed by atoms with E-state index >= 15 is 0 Å². The molecule has 0 amide bonds. The van der Waals surface area contributed by atoms with E-state index < -0.39 is 0 Å². The van der Waals surface area contributed by atoms with Crippen molar-refractivity contribution in [2.45, 2.75) is 45.6 Å². The molecule has 2 rings (SSSR count). The number of methoxy groups -OCH3 is 1. The third-order valence-electron chi connectivity index (χ3n) is 3.96. The lowest BCUT2D eigenvalue weighted by Gasteiger charge is -2.22. The van der Waals surface area contributed by atoms with Crippen LogP contribution in [0.4, 0.5) is 0 Å². The van der Waals surface area contributed by atoms with E-state index in [1.165, 1.54) is 25.8 Å². The summed E-state index contributed by atoms with van der Waals surface area (Å²) >= 11 is 0. The SMILES string of the molecule is COCC1(C2CC2)CC1CNC(C)(C)C. The smallest absolute Gasteiger partial charge is 0.0524 e. The third-order valence-corrected chi connectivity index (χ3v) is 3.96. The first kappa shape index (κ1) is 11.4. The van der Waals surface area contributed by atoms with E-state index in [4.69, 9.17) is 4.74 Å². The van der Waals surface area contributed by atoms with Crippen LogP contribution in [0, 0.1) is 17.3 Å². The van der Waals surface area contributed by atoms with Crippen LogP contribution in [-0.4, -0.2) is 25.8 Å². The van der Waals surface area contributed by atoms with Crippen molar-refractivity contribution in [1.29, 1.82) is 0 Å². The fraction of sp³-hybridized carbons (Fsp3) is 1.00. The van der Waals surface area contributed by atoms with Gasteiger partial charge in [-0.05, 0) is 58.4 Å². The van der Waals surface area contributed by atoms with Gasteiger partial charge in [-0.25, -0.2) is 0 Å². The Morgan fingerprint density at radius 2 is 2.00 bits per heavy atom. The zero-order chi connectivity index (χ0) is 11.1. The second-order valence-electron chi connectivity index (χ2n) is 6.47. The zero-order valence-electron chi connectivity index (χ0n) is 10.6. The van der Waals surface area contributed by atoms with Crippen molar-refractivity contribution in [2.24, 2.45) is 17.3 Å². The number of hydrogen-bond donors (Lipinski definition) is 1. The first-order valence-corrected chi connectivity index (χ1v) is 6.22. The summed E-state index contributed by atoms with van der Waals surface area (Å²) in [7, 11) is 1.84. The van der Waals surface area contributed by atoms with Crippen LogP contribution in [0.25, 0.3) is 0 Å². The Hall–Kier alpha value is -0.0800. The maximum atomic E-state index is 5.40. The standard InChI is InChI=1S/C13H25NO/c1-12(2,3)14-8-11-7-13(11,9-15-4)10-5-6-10/h10-11,14H,5-9H2,1-4H3. The lowest BCUT2D eigenvalue weighted by Crippen LogP contribution is -2.38. The van der Waals surface area contributed by atoms with Gasteiger partial charge in [-0.1, -0.05) is 0 Å². The fourth-order valence-corrected chi connectivity index (χ4v) is 2.83. The van der Waals surface area contributed by atoms with Gasteiger partial charge in [0.15, 0.2) is 0 Å². The van der Waals surface area contributed by atoms with E-state index in [0.717, 1.165) is 18.4 Å². The van der Waals surface area contributed by atoms with Gasteiger partial charge in [-0.3, -0.25) is 0 Å². The molecule has 2 heteroatoms. The van der Waals surface area contributed by atoms with Gasteiger partial charge < -0.3 is 10.1 Å². The first-order chi connectivity index (χ1) is 6.98. The number of rotatable bonds is 5. The molecule has 2 unspecified atom stereocenters. The van der Waals surface area contributed by atoms with Gasteiger partial charge >= 0.3 is 0 Å². The summed E-state index contributed by atoms with van der Waals surface area (Å²) in [6.45, 7) is 8.87. The van der Waals surface area contributed by atoms with E-state index in [-0.39, 0.29) is 5.54 Å². The van der Waals surface area contributed by atoms with Gasteiger partial charge in [-0.15, -0.1) is 0 Å². The van der Waals surface area contributed by atoms with Gasteiger partial charge in [0.1, 0.15) is 0 Å². The van der Waals surface area contributed by atoms with Gasteiger partial charge in [0.2, 0.25) is 0 Å². The Kier molecular flexibility index (Phi) is 2.85. The highest BCUT2D eigenvalue weighted by Gasteiger charge is 2.61. The molecule has 0 saturated heterocycles. The third kappa shape index (κ3) is 2.54. The van der Waals surface area contributed by atoms with Crippen molar-refractivity contribution >= 4 is 0 Å². The molecule has 0 radical (unpaired) electrons. The van der Waals surface area contributed by atoms with Crippen molar-refractivity contribution in [3.63, 3.8) is 0 Å². The minimum absolute atomic E-state index is 0.255. The van der Waals surface area contributed by atoms with Crippen molar-refractivity contribution in [2.75, 3.05) is 20.3 Å². The minimum Gasteiger partial charge on any atom is -0.384 e. The van der Waals surface area contributed by atoms with Crippen LogP contribution < -0.4 is 5.32 Å². The van der Waals surface area contributed by atoms with Gasteiger partial charge in [-0.2, -0.15) is 0 Å². The topological polar surface area (TPSA) is 21.3 Å². The summed E-state index contributed by atoms with van der Waals surface area (Å²) in [6.07, 6.45) is 4.26. The average Bonchev–Trinajstić information content (AvgIpc) is 2.96. The van der Waals surface area contributed by atoms with Crippen molar-refractivity contribution in [3.8, 4) is 0 Å². The summed E-state index contributed by atoms with van der Waals surface area (Å²) in [4.78, 5) is 0. The Labute approximate surface area is 93.8 Å². The van der Waals surface area contributed by atoms with Crippen LogP contribution in [0.15, 0.2) is 0 Å². The maximum Gasteiger partial charge on any atom is 0.0524 e. The van der Waals surface area contributed by atoms with Gasteiger partial charge in [0.25, 0.3) is 0 Å². The molecule has 15 heavy (non-hydrogen) atoms. The molecule has 2 saturated carbocycles. The summed E-state index contributed by atoms with van der Waals surface area (Å²) in [5, 5.41) is 3.62. The lowest BCUT2D eigenvalue weighted by atomic mass is 9.98. The summed E-state index contributed by atoms with van der Waals surface area (Å²) in [5.74, 6) is 1.84. The normalized spacial score (nSPS) is 35.6. The molecule has 88 valence electrons. The van der Waals surface area contributed by atoms with Crippen molar-refractivity contribution in [3.05, 3.63) is 0 Å². The molecule has 0 heterocycles. The fourth-order valence-electron chi connectivity index (χ4n) is 2.83. The Morgan fingerprint density at radius 1 is 1.33 bits per heavy atom. The van der Waals surface area contributed by atoms with E-state index in [2.05, 4.69) is 26.1 Å². The molecule has 2 fully saturated rings. The highest BCUT2D eigenvalue weighted by atomic mass is 16.5. The van der Waals surface area contributed by atoms with Crippen LogP contribution in [0.2, 0.25) is 0 Å². The molecule has 0 aromatic heterocycles. The Balaban J connectivity index is 1.81. The number of nitrogens with one attached hydrogen (secondary N) is 1. The predicted molar refractivity (Wildman–Crippen MR) is 62.9 cm³/mol. The van der Waals surface area contributed by atoms with Crippen LogP contribution in [0.3, 0.4) is 0 Å². The highest BCUT2D eigenvalue weighted by molar-refractivity contribution is 5.11. The molecule has 2 atom stereocenters. The van der Waals surface area contributed by atoms with Crippen molar-refractivity contribution < 1.29 is 4.74 Å². The average molecular weight is 211 g/mol. The van der Waals surface area contributed by atoms with Gasteiger partial charge in [0, 0.05) is 18.1 Å². The Morgan fingerprint density at radius 3 is 2.47 bits per heavy atom. The summed E-state index contributed by atoms with van der Waals surface area (Å²) in [6, 6.07) is 0. The molecule has 2 nitrogen and oxygen atoms in total. The highest BCUT2D eigenvalue weighted by Crippen LogP contribution is 2.65. The Bertz CT molecular complexity index is 229. The molecule has 2 aliphatic carbocycles. The molecular weight excluding hydrogens is 186 g/mol. The monoisotopic (exact) mass is 211 g/mol. The van der Waals surface area contributed by atoms with Crippen LogP contribution >= 0.6 is 0 Å². The lowest BCUT2D eigenvalue weighted by molar-refractivity contribution is 0.118. The largest absolute Gasteiger partial charge is 0.384 e. The quantitative estimate of drug-likeness (QED) is 0.754. The van der Waals surface area contributed by atoms with Crippen LogP contribution in [0.5, 0.6) is 0 Å². The first-order valence-electron chi connectivity index (χ1n) is 6.22. The minimum atomic E-state index is 0.255. The molecule has 1 N–H and O–H groups in total. The molecule has 2 aliphatic rings. The maximum absolute atomic E-state index is 5.40. The summed E-state index contributed by atoms with van der Waals surface area (Å²) < 4.78 is 5.40. The molecule has 0 spiro atoms. The molecule has 0 aromatic carbocycles. The van der Waals surface area contributed by atoms with Crippen LogP contribution in [-0.2, 0) is 4.74 Å². The van der Waals surface area contributed by atoms with E-state index in [1.807, 2.05) is 7.11 Å². The van der Waals surface area contributed by atoms with Crippen LogP contribution in [0.1, 0.15) is 40.0 Å². The molecule has 0 bridgehead atoms. The van der Waals surface area contributed by atoms with E-state index in [9.17, 15) is 0 Å². The second kappa shape index (κ2) is 3.74. The summed E-state index contributed by atoms with van der Waals surface area (Å²) in [5.41, 5.74) is 0.817. The predicted octanol–water partition coefficient (Wildman–Crippen LogP) is 2.44. The van der Waals surface area contributed by atoms with E-state index in [1.54, 1.807) is 0 Å². The molecular formula is C13H25NO. The number of hydrogen-bond acceptors (Lipinski definition) is 2. The number of ether oxygens (including phenoxy) is 1. The van der Waals surface area contributed by atoms with E-state index in [0.29, 0.717) is 5.41 Å². The zero-order valence-corrected chi connectivity index (χ0v) is 10.6.